The van der Waals surface area contributed by atoms with Gasteiger partial charge >= 0.3 is 0 Å². The standard InChI is InChI=1S/C64H36N2O/c1-3-15-37(16-4-1)52-26-13-28-54(65-52)61-51-36-50-42-20-8-7-19-41(42)45-23-12-24-46(59(45)50)60(51)64(55-29-14-27-53(66-55)38-17-5-2-6-18-38)63-47-25-11-22-44-40(32-33-48(58(44)47)62(61)63)39-31-34-57-49(35-39)43-21-9-10-30-56(43)67-57/h1-36H. The third-order valence-electron chi connectivity index (χ3n) is 14.4. The summed E-state index contributed by atoms with van der Waals surface area (Å²) < 4.78 is 6.30. The molecule has 3 heteroatoms. The van der Waals surface area contributed by atoms with Gasteiger partial charge in [0.2, 0.25) is 0 Å². The summed E-state index contributed by atoms with van der Waals surface area (Å²) in [6.07, 6.45) is 0. The van der Waals surface area contributed by atoms with Gasteiger partial charge in [-0.1, -0.05) is 170 Å². The number of hydrogen-bond acceptors (Lipinski definition) is 3. The molecule has 0 aliphatic heterocycles. The predicted molar refractivity (Wildman–Crippen MR) is 281 cm³/mol. The van der Waals surface area contributed by atoms with Crippen LogP contribution in [0.3, 0.4) is 0 Å². The summed E-state index contributed by atoms with van der Waals surface area (Å²) in [5.41, 5.74) is 12.4. The first-order chi connectivity index (χ1) is 33.2. The van der Waals surface area contributed by atoms with Gasteiger partial charge in [-0.2, -0.15) is 0 Å². The molecule has 15 aromatic rings. The molecule has 67 heavy (non-hydrogen) atoms. The van der Waals surface area contributed by atoms with Gasteiger partial charge < -0.3 is 4.42 Å². The molecule has 0 atom stereocenters. The summed E-state index contributed by atoms with van der Waals surface area (Å²) >= 11 is 0. The molecule has 0 radical (unpaired) electrons. The molecular weight excluding hydrogens is 813 g/mol. The molecule has 0 aliphatic rings. The van der Waals surface area contributed by atoms with Gasteiger partial charge in [0.25, 0.3) is 0 Å². The molecule has 0 aliphatic carbocycles. The molecule has 308 valence electrons. The van der Waals surface area contributed by atoms with Crippen molar-refractivity contribution in [2.24, 2.45) is 0 Å². The molecule has 15 rings (SSSR count). The summed E-state index contributed by atoms with van der Waals surface area (Å²) in [4.78, 5) is 11.2. The van der Waals surface area contributed by atoms with Crippen LogP contribution < -0.4 is 0 Å². The topological polar surface area (TPSA) is 38.9 Å². The van der Waals surface area contributed by atoms with Crippen LogP contribution in [0.1, 0.15) is 0 Å². The number of pyridine rings is 2. The van der Waals surface area contributed by atoms with Gasteiger partial charge in [-0.15, -0.1) is 0 Å². The maximum atomic E-state index is 6.30. The van der Waals surface area contributed by atoms with Crippen molar-refractivity contribution in [3.05, 3.63) is 218 Å². The molecule has 0 fully saturated rings. The maximum absolute atomic E-state index is 6.30. The average molecular weight is 849 g/mol. The Morgan fingerprint density at radius 3 is 1.48 bits per heavy atom. The first kappa shape index (κ1) is 36.4. The van der Waals surface area contributed by atoms with Crippen molar-refractivity contribution in [2.75, 3.05) is 0 Å². The van der Waals surface area contributed by atoms with Crippen LogP contribution in [0.25, 0.3) is 154 Å². The fourth-order valence-corrected chi connectivity index (χ4v) is 11.6. The molecule has 0 amide bonds. The lowest BCUT2D eigenvalue weighted by atomic mass is 9.85. The fraction of sp³-hybridized carbons (Fsp3) is 0. The van der Waals surface area contributed by atoms with Crippen LogP contribution in [-0.4, -0.2) is 9.97 Å². The highest BCUT2D eigenvalue weighted by atomic mass is 16.3. The molecule has 3 heterocycles. The van der Waals surface area contributed by atoms with Crippen molar-refractivity contribution in [3.8, 4) is 56.2 Å². The minimum atomic E-state index is 0.894. The van der Waals surface area contributed by atoms with E-state index in [2.05, 4.69) is 206 Å². The number of fused-ring (bicyclic) bond motifs is 11. The van der Waals surface area contributed by atoms with Crippen molar-refractivity contribution < 1.29 is 4.42 Å². The van der Waals surface area contributed by atoms with E-state index < -0.39 is 0 Å². The highest BCUT2D eigenvalue weighted by Crippen LogP contribution is 2.55. The number of benzene rings is 10. The van der Waals surface area contributed by atoms with Crippen LogP contribution in [0.15, 0.2) is 223 Å². The molecule has 3 aromatic heterocycles. The molecular formula is C64H36N2O. The second-order valence-corrected chi connectivity index (χ2v) is 17.9. The predicted octanol–water partition coefficient (Wildman–Crippen LogP) is 17.7. The zero-order valence-electron chi connectivity index (χ0n) is 36.1. The summed E-state index contributed by atoms with van der Waals surface area (Å²) in [6, 6.07) is 78.9. The lowest BCUT2D eigenvalue weighted by molar-refractivity contribution is 0.669. The summed E-state index contributed by atoms with van der Waals surface area (Å²) in [5.74, 6) is 0. The molecule has 0 bridgehead atoms. The molecule has 0 saturated carbocycles. The minimum absolute atomic E-state index is 0.894. The fourth-order valence-electron chi connectivity index (χ4n) is 11.6. The lowest BCUT2D eigenvalue weighted by Crippen LogP contribution is -1.95. The van der Waals surface area contributed by atoms with Gasteiger partial charge in [-0.25, -0.2) is 9.97 Å². The Morgan fingerprint density at radius 1 is 0.239 bits per heavy atom. The zero-order chi connectivity index (χ0) is 43.7. The number of para-hydroxylation sites is 1. The van der Waals surface area contributed by atoms with E-state index in [9.17, 15) is 0 Å². The number of furan rings is 1. The highest BCUT2D eigenvalue weighted by molar-refractivity contribution is 6.45. The van der Waals surface area contributed by atoms with Crippen molar-refractivity contribution in [1.29, 1.82) is 0 Å². The number of nitrogens with zero attached hydrogens (tertiary/aromatic N) is 2. The van der Waals surface area contributed by atoms with Gasteiger partial charge in [0, 0.05) is 49.2 Å². The Labute approximate surface area is 384 Å². The molecule has 3 nitrogen and oxygen atoms in total. The van der Waals surface area contributed by atoms with Crippen LogP contribution >= 0.6 is 0 Å². The van der Waals surface area contributed by atoms with Crippen LogP contribution in [0.4, 0.5) is 0 Å². The van der Waals surface area contributed by atoms with Crippen LogP contribution in [0, 0.1) is 0 Å². The van der Waals surface area contributed by atoms with E-state index in [-0.39, 0.29) is 0 Å². The Kier molecular flexibility index (Phi) is 7.50. The largest absolute Gasteiger partial charge is 0.456 e. The Hall–Kier alpha value is -8.92. The van der Waals surface area contributed by atoms with Gasteiger partial charge in [0.1, 0.15) is 11.2 Å². The van der Waals surface area contributed by atoms with Gasteiger partial charge in [-0.05, 0) is 119 Å². The molecule has 0 unspecified atom stereocenters. The third kappa shape index (κ3) is 5.17. The van der Waals surface area contributed by atoms with Gasteiger partial charge in [0.15, 0.2) is 0 Å². The van der Waals surface area contributed by atoms with Crippen molar-refractivity contribution in [3.63, 3.8) is 0 Å². The molecule has 12 aromatic carbocycles. The van der Waals surface area contributed by atoms with E-state index >= 15 is 0 Å². The lowest BCUT2D eigenvalue weighted by Gasteiger charge is -2.19. The van der Waals surface area contributed by atoms with E-state index in [0.717, 1.165) is 77.9 Å². The second-order valence-electron chi connectivity index (χ2n) is 17.9. The number of aromatic nitrogens is 2. The van der Waals surface area contributed by atoms with Crippen LogP contribution in [0.2, 0.25) is 0 Å². The third-order valence-corrected chi connectivity index (χ3v) is 14.4. The highest BCUT2D eigenvalue weighted by Gasteiger charge is 2.28. The van der Waals surface area contributed by atoms with Crippen molar-refractivity contribution in [1.82, 2.24) is 9.97 Å². The first-order valence-electron chi connectivity index (χ1n) is 23.0. The Bertz CT molecular complexity index is 4490. The minimum Gasteiger partial charge on any atom is -0.456 e. The maximum Gasteiger partial charge on any atom is 0.135 e. The summed E-state index contributed by atoms with van der Waals surface area (Å²) in [5, 5.41) is 19.4. The summed E-state index contributed by atoms with van der Waals surface area (Å²) in [7, 11) is 0. The number of rotatable bonds is 5. The molecule has 0 saturated heterocycles. The van der Waals surface area contributed by atoms with Crippen molar-refractivity contribution in [2.45, 2.75) is 0 Å². The zero-order valence-corrected chi connectivity index (χ0v) is 36.1. The smallest absolute Gasteiger partial charge is 0.135 e. The van der Waals surface area contributed by atoms with E-state index in [1.807, 2.05) is 12.1 Å². The van der Waals surface area contributed by atoms with E-state index in [1.165, 1.54) is 75.6 Å². The Morgan fingerprint density at radius 2 is 0.746 bits per heavy atom. The average Bonchev–Trinajstić information content (AvgIpc) is 4.05. The molecule has 0 N–H and O–H groups in total. The Balaban J connectivity index is 1.15. The monoisotopic (exact) mass is 848 g/mol. The number of hydrogen-bond donors (Lipinski definition) is 0. The SMILES string of the molecule is c1ccc(-c2cccc(-c3c4cc5c6ccccc6c6cccc(c4c(-c4cccc(-c7ccccc7)n4)c4c7cccc8c(-c9ccc%10oc%11ccccc%11c%10c9)ccc(c34)c87)c65)n2)cc1. The van der Waals surface area contributed by atoms with Gasteiger partial charge in [-0.3, -0.25) is 0 Å². The van der Waals surface area contributed by atoms with E-state index in [4.69, 9.17) is 14.4 Å². The molecule has 0 spiro atoms. The van der Waals surface area contributed by atoms with Crippen LogP contribution in [-0.2, 0) is 0 Å². The second kappa shape index (κ2) is 13.8. The van der Waals surface area contributed by atoms with Crippen molar-refractivity contribution >= 4 is 97.3 Å². The van der Waals surface area contributed by atoms with E-state index in [0.29, 0.717) is 0 Å². The first-order valence-corrected chi connectivity index (χ1v) is 23.0. The summed E-state index contributed by atoms with van der Waals surface area (Å²) in [6.45, 7) is 0. The van der Waals surface area contributed by atoms with Gasteiger partial charge in [0.05, 0.1) is 22.8 Å². The van der Waals surface area contributed by atoms with Crippen LogP contribution in [0.5, 0.6) is 0 Å². The van der Waals surface area contributed by atoms with E-state index in [1.54, 1.807) is 0 Å². The quantitative estimate of drug-likeness (QED) is 0.162. The normalized spacial score (nSPS) is 12.2.